The molecule has 0 spiro atoms. The number of terminal acetylenes is 1. The number of carbonyl (C=O) groups excluding carboxylic acids is 1. The van der Waals surface area contributed by atoms with Gasteiger partial charge in [-0.05, 0) is 74.3 Å². The summed E-state index contributed by atoms with van der Waals surface area (Å²) in [4.78, 5) is 12.4. The third kappa shape index (κ3) is 1.89. The fourth-order valence-electron chi connectivity index (χ4n) is 5.41. The minimum absolute atomic E-state index is 0.0314. The van der Waals surface area contributed by atoms with Gasteiger partial charge in [-0.25, -0.2) is 0 Å². The Labute approximate surface area is 147 Å². The van der Waals surface area contributed by atoms with Crippen LogP contribution in [-0.4, -0.2) is 16.5 Å². The molecule has 23 heavy (non-hydrogen) atoms. The van der Waals surface area contributed by atoms with Gasteiger partial charge in [-0.2, -0.15) is 0 Å². The van der Waals surface area contributed by atoms with Crippen molar-refractivity contribution in [3.63, 3.8) is 0 Å². The second kappa shape index (κ2) is 5.08. The summed E-state index contributed by atoms with van der Waals surface area (Å²) in [5.74, 6) is -1.13. The predicted octanol–water partition coefficient (Wildman–Crippen LogP) is 3.66. The highest BCUT2D eigenvalue weighted by molar-refractivity contribution is 5.91. The maximum absolute atomic E-state index is 12.4. The normalized spacial score (nSPS) is 59.9. The third-order valence-electron chi connectivity index (χ3n) is 6.63. The lowest BCUT2D eigenvalue weighted by molar-refractivity contribution is -0.116. The molecule has 2 saturated carbocycles. The number of ketones is 1. The molecule has 1 unspecified atom stereocenters. The van der Waals surface area contributed by atoms with Gasteiger partial charge in [-0.1, -0.05) is 24.5 Å². The summed E-state index contributed by atoms with van der Waals surface area (Å²) in [6.07, 6.45) is 5.95. The molecular formula is C21H26O2. The van der Waals surface area contributed by atoms with E-state index >= 15 is 0 Å². The Morgan fingerprint density at radius 2 is 2.30 bits per heavy atom. The molecule has 4 aliphatic rings. The van der Waals surface area contributed by atoms with E-state index in [0.29, 0.717) is 19.3 Å². The van der Waals surface area contributed by atoms with Gasteiger partial charge < -0.3 is 5.11 Å². The van der Waals surface area contributed by atoms with Crippen molar-refractivity contribution in [2.75, 3.05) is 0 Å². The zero-order valence-electron chi connectivity index (χ0n) is 19.4. The van der Waals surface area contributed by atoms with E-state index in [4.69, 9.17) is 13.3 Å². The first-order valence-corrected chi connectivity index (χ1v) is 8.46. The highest BCUT2D eigenvalue weighted by atomic mass is 16.3. The summed E-state index contributed by atoms with van der Waals surface area (Å²) in [5.41, 5.74) is -2.22. The van der Waals surface area contributed by atoms with Crippen LogP contribution in [0.5, 0.6) is 0 Å². The number of fused-ring (bicyclic) bond motifs is 5. The summed E-state index contributed by atoms with van der Waals surface area (Å²) in [6.45, 7) is 1.96. The Balaban J connectivity index is 1.87. The van der Waals surface area contributed by atoms with E-state index in [1.807, 2.05) is 13.0 Å². The SMILES string of the molecule is [2H]C1=C2C([2H])([2H])C[C@H]3C4C=C[C@@](O)(C#C)[C@@]4(CC)CC[C@@H]3[C@@]2([2H])CC([2H])([2H])C1=O. The lowest BCUT2D eigenvalue weighted by Gasteiger charge is -2.55. The molecule has 0 amide bonds. The highest BCUT2D eigenvalue weighted by Gasteiger charge is 2.61. The van der Waals surface area contributed by atoms with E-state index in [0.717, 1.165) is 0 Å². The lowest BCUT2D eigenvalue weighted by Crippen LogP contribution is -2.54. The molecule has 0 saturated heterocycles. The Bertz CT molecular complexity index is 886. The van der Waals surface area contributed by atoms with E-state index in [1.165, 1.54) is 0 Å². The van der Waals surface area contributed by atoms with Crippen LogP contribution in [-0.2, 0) is 4.79 Å². The fraction of sp³-hybridized carbons (Fsp3) is 0.667. The molecule has 2 nitrogen and oxygen atoms in total. The first kappa shape index (κ1) is 9.84. The van der Waals surface area contributed by atoms with Crippen molar-refractivity contribution in [3.8, 4) is 12.3 Å². The molecule has 0 aromatic heterocycles. The molecule has 0 aliphatic heterocycles. The van der Waals surface area contributed by atoms with Crippen LogP contribution in [0.4, 0.5) is 0 Å². The Morgan fingerprint density at radius 1 is 1.48 bits per heavy atom. The zero-order chi connectivity index (χ0) is 21.6. The number of carbonyl (C=O) groups is 1. The summed E-state index contributed by atoms with van der Waals surface area (Å²) in [5, 5.41) is 11.1. The molecule has 2 heteroatoms. The summed E-state index contributed by atoms with van der Waals surface area (Å²) in [7, 11) is 0. The van der Waals surface area contributed by atoms with Gasteiger partial charge in [0, 0.05) is 18.6 Å². The summed E-state index contributed by atoms with van der Waals surface area (Å²) in [6, 6.07) is -0.672. The maximum atomic E-state index is 12.4. The van der Waals surface area contributed by atoms with E-state index in [9.17, 15) is 11.3 Å². The average Bonchev–Trinajstić information content (AvgIpc) is 2.93. The molecule has 4 rings (SSSR count). The van der Waals surface area contributed by atoms with Gasteiger partial charge in [0.25, 0.3) is 0 Å². The Hall–Kier alpha value is -1.33. The van der Waals surface area contributed by atoms with Crippen LogP contribution in [0.3, 0.4) is 0 Å². The van der Waals surface area contributed by atoms with Gasteiger partial charge in [-0.3, -0.25) is 4.79 Å². The van der Waals surface area contributed by atoms with Crippen LogP contribution < -0.4 is 0 Å². The van der Waals surface area contributed by atoms with Crippen molar-refractivity contribution in [1.82, 2.24) is 0 Å². The fourth-order valence-corrected chi connectivity index (χ4v) is 5.41. The first-order chi connectivity index (χ1) is 13.3. The predicted molar refractivity (Wildman–Crippen MR) is 90.4 cm³/mol. The molecule has 2 fully saturated rings. The number of aliphatic hydroxyl groups is 1. The van der Waals surface area contributed by atoms with Crippen LogP contribution in [0.15, 0.2) is 23.8 Å². The van der Waals surface area contributed by atoms with Crippen molar-refractivity contribution >= 4 is 5.78 Å². The van der Waals surface area contributed by atoms with E-state index in [1.54, 1.807) is 6.08 Å². The van der Waals surface area contributed by atoms with Gasteiger partial charge in [0.05, 0.1) is 1.37 Å². The highest BCUT2D eigenvalue weighted by Crippen LogP contribution is 2.63. The van der Waals surface area contributed by atoms with E-state index in [-0.39, 0.29) is 23.8 Å². The maximum Gasteiger partial charge on any atom is 0.155 e. The van der Waals surface area contributed by atoms with Crippen molar-refractivity contribution in [1.29, 1.82) is 0 Å². The standard InChI is InChI=1S/C21H26O2/c1-3-20-11-9-17-16-8-6-15(22)13-14(16)5-7-18(17)19(20)10-12-21(20,23)4-2/h2,10,12-13,16-19,23H,3,5-9,11H2,1H3/t16-,17+,18+,19?,20-,21-/m0/s1/i5D2,6D2,13D,16D. The first-order valence-electron chi connectivity index (χ1n) is 11.5. The van der Waals surface area contributed by atoms with Gasteiger partial charge >= 0.3 is 0 Å². The van der Waals surface area contributed by atoms with Crippen molar-refractivity contribution in [2.24, 2.45) is 29.1 Å². The van der Waals surface area contributed by atoms with Crippen molar-refractivity contribution in [3.05, 3.63) is 23.8 Å². The van der Waals surface area contributed by atoms with E-state index in [2.05, 4.69) is 5.92 Å². The minimum Gasteiger partial charge on any atom is -0.373 e. The second-order valence-electron chi connectivity index (χ2n) is 7.20. The topological polar surface area (TPSA) is 37.3 Å². The summed E-state index contributed by atoms with van der Waals surface area (Å²) < 4.78 is 50.9. The average molecular weight is 316 g/mol. The monoisotopic (exact) mass is 316 g/mol. The molecule has 0 aromatic carbocycles. The molecule has 0 aromatic rings. The van der Waals surface area contributed by atoms with Crippen LogP contribution in [0, 0.1) is 41.4 Å². The smallest absolute Gasteiger partial charge is 0.155 e. The molecule has 1 N–H and O–H groups in total. The van der Waals surface area contributed by atoms with Crippen LogP contribution in [0.2, 0.25) is 0 Å². The van der Waals surface area contributed by atoms with Gasteiger partial charge in [0.15, 0.2) is 5.78 Å². The van der Waals surface area contributed by atoms with Crippen LogP contribution in [0.1, 0.15) is 60.0 Å². The third-order valence-corrected chi connectivity index (χ3v) is 6.63. The largest absolute Gasteiger partial charge is 0.373 e. The Kier molecular flexibility index (Phi) is 2.17. The molecule has 6 atom stereocenters. The number of rotatable bonds is 1. The molecule has 0 bridgehead atoms. The molecule has 4 aliphatic carbocycles. The van der Waals surface area contributed by atoms with Crippen molar-refractivity contribution < 1.29 is 18.1 Å². The summed E-state index contributed by atoms with van der Waals surface area (Å²) >= 11 is 0. The van der Waals surface area contributed by atoms with Gasteiger partial charge in [-0.15, -0.1) is 6.42 Å². The van der Waals surface area contributed by atoms with Gasteiger partial charge in [0.1, 0.15) is 5.60 Å². The number of hydrogen-bond donors (Lipinski definition) is 1. The van der Waals surface area contributed by atoms with Crippen molar-refractivity contribution in [2.45, 2.75) is 57.4 Å². The lowest BCUT2D eigenvalue weighted by atomic mass is 9.49. The minimum atomic E-state index is -2.36. The number of hydrogen-bond acceptors (Lipinski definition) is 2. The number of allylic oxidation sites excluding steroid dienone is 3. The van der Waals surface area contributed by atoms with Crippen LogP contribution >= 0.6 is 0 Å². The van der Waals surface area contributed by atoms with Crippen LogP contribution in [0.25, 0.3) is 0 Å². The second-order valence-corrected chi connectivity index (χ2v) is 7.20. The van der Waals surface area contributed by atoms with Gasteiger partial charge in [0.2, 0.25) is 0 Å². The molecular weight excluding hydrogens is 284 g/mol. The zero-order valence-corrected chi connectivity index (χ0v) is 13.4. The molecule has 0 heterocycles. The Morgan fingerprint density at radius 3 is 3.04 bits per heavy atom. The van der Waals surface area contributed by atoms with E-state index < -0.39 is 53.8 Å². The molecule has 122 valence electrons. The quantitative estimate of drug-likeness (QED) is 0.592. The molecule has 0 radical (unpaired) electrons.